The lowest BCUT2D eigenvalue weighted by Gasteiger charge is -2.09. The van der Waals surface area contributed by atoms with Gasteiger partial charge >= 0.3 is 0 Å². The fourth-order valence-corrected chi connectivity index (χ4v) is 3.03. The molecule has 108 valence electrons. The third-order valence-corrected chi connectivity index (χ3v) is 4.38. The van der Waals surface area contributed by atoms with E-state index in [1.54, 1.807) is 17.0 Å². The predicted molar refractivity (Wildman–Crippen MR) is 72.9 cm³/mol. The predicted octanol–water partition coefficient (Wildman–Crippen LogP) is 0.662. The van der Waals surface area contributed by atoms with E-state index in [1.807, 2.05) is 7.05 Å². The number of imidazole rings is 1. The van der Waals surface area contributed by atoms with E-state index >= 15 is 0 Å². The van der Waals surface area contributed by atoms with Gasteiger partial charge in [0.05, 0.1) is 5.69 Å². The Morgan fingerprint density at radius 2 is 2.20 bits per heavy atom. The van der Waals surface area contributed by atoms with E-state index in [-0.39, 0.29) is 12.2 Å². The number of nitrogens with two attached hydrogens (primary N) is 1. The summed E-state index contributed by atoms with van der Waals surface area (Å²) >= 11 is 0. The van der Waals surface area contributed by atoms with Gasteiger partial charge in [-0.25, -0.2) is 22.5 Å². The molecule has 3 N–H and O–H groups in total. The van der Waals surface area contributed by atoms with Crippen LogP contribution >= 0.6 is 0 Å². The molecular formula is C12H15FN4O2S. The fourth-order valence-electron chi connectivity index (χ4n) is 1.82. The summed E-state index contributed by atoms with van der Waals surface area (Å²) in [5, 5.41) is 0. The zero-order chi connectivity index (χ0) is 14.8. The van der Waals surface area contributed by atoms with Crippen LogP contribution in [0, 0.1) is 5.82 Å². The molecule has 0 amide bonds. The lowest BCUT2D eigenvalue weighted by atomic mass is 10.3. The number of halogens is 1. The highest BCUT2D eigenvalue weighted by atomic mass is 32.2. The van der Waals surface area contributed by atoms with Crippen molar-refractivity contribution in [3.05, 3.63) is 42.2 Å². The molecule has 0 unspecified atom stereocenters. The molecular weight excluding hydrogens is 283 g/mol. The first-order valence-corrected chi connectivity index (χ1v) is 7.40. The van der Waals surface area contributed by atoms with Gasteiger partial charge < -0.3 is 10.3 Å². The van der Waals surface area contributed by atoms with Crippen LogP contribution < -0.4 is 10.5 Å². The summed E-state index contributed by atoms with van der Waals surface area (Å²) in [7, 11) is -2.16. The Morgan fingerprint density at radius 1 is 1.45 bits per heavy atom. The normalized spacial score (nSPS) is 11.7. The van der Waals surface area contributed by atoms with Gasteiger partial charge in [-0.15, -0.1) is 0 Å². The molecule has 6 nitrogen and oxygen atoms in total. The zero-order valence-electron chi connectivity index (χ0n) is 10.9. The number of anilines is 1. The molecule has 8 heteroatoms. The van der Waals surface area contributed by atoms with Gasteiger partial charge in [0.15, 0.2) is 0 Å². The summed E-state index contributed by atoms with van der Waals surface area (Å²) in [4.78, 5) is 3.56. The number of sulfonamides is 1. The largest absolute Gasteiger partial charge is 0.398 e. The lowest BCUT2D eigenvalue weighted by molar-refractivity contribution is 0.557. The van der Waals surface area contributed by atoms with E-state index in [4.69, 9.17) is 5.73 Å². The standard InChI is InChI=1S/C12H15FN4O2S/c1-17-8-7-15-11(17)5-6-16-20(18,19)12-9(13)3-2-4-10(12)14/h2-4,7-8,16H,5-6,14H2,1H3. The van der Waals surface area contributed by atoms with Gasteiger partial charge in [0.2, 0.25) is 10.0 Å². The van der Waals surface area contributed by atoms with Gasteiger partial charge in [0.25, 0.3) is 0 Å². The number of nitrogens with zero attached hydrogens (tertiary/aromatic N) is 2. The van der Waals surface area contributed by atoms with Crippen molar-refractivity contribution in [1.29, 1.82) is 0 Å². The first kappa shape index (κ1) is 14.5. The highest BCUT2D eigenvalue weighted by Gasteiger charge is 2.21. The number of aromatic nitrogens is 2. The topological polar surface area (TPSA) is 90.0 Å². The average Bonchev–Trinajstić information content (AvgIpc) is 2.74. The highest BCUT2D eigenvalue weighted by molar-refractivity contribution is 7.89. The third kappa shape index (κ3) is 2.97. The van der Waals surface area contributed by atoms with Crippen LogP contribution in [0.2, 0.25) is 0 Å². The van der Waals surface area contributed by atoms with Gasteiger partial charge in [0.1, 0.15) is 16.5 Å². The van der Waals surface area contributed by atoms with Crippen LogP contribution in [0.3, 0.4) is 0 Å². The Bertz CT molecular complexity index is 692. The van der Waals surface area contributed by atoms with E-state index in [0.29, 0.717) is 6.42 Å². The van der Waals surface area contributed by atoms with E-state index in [2.05, 4.69) is 9.71 Å². The molecule has 0 atom stereocenters. The molecule has 0 saturated carbocycles. The molecule has 1 aromatic heterocycles. The van der Waals surface area contributed by atoms with Crippen molar-refractivity contribution in [3.8, 4) is 0 Å². The maximum Gasteiger partial charge on any atom is 0.245 e. The minimum absolute atomic E-state index is 0.112. The van der Waals surface area contributed by atoms with E-state index < -0.39 is 20.7 Å². The van der Waals surface area contributed by atoms with Crippen molar-refractivity contribution in [2.75, 3.05) is 12.3 Å². The number of aryl methyl sites for hydroxylation is 1. The molecule has 2 rings (SSSR count). The number of rotatable bonds is 5. The minimum Gasteiger partial charge on any atom is -0.398 e. The van der Waals surface area contributed by atoms with Crippen LogP contribution in [0.4, 0.5) is 10.1 Å². The Kier molecular flexibility index (Phi) is 4.05. The van der Waals surface area contributed by atoms with Gasteiger partial charge in [-0.1, -0.05) is 6.07 Å². The molecule has 1 aromatic carbocycles. The van der Waals surface area contributed by atoms with Crippen molar-refractivity contribution < 1.29 is 12.8 Å². The van der Waals surface area contributed by atoms with Crippen LogP contribution in [-0.2, 0) is 23.5 Å². The highest BCUT2D eigenvalue weighted by Crippen LogP contribution is 2.21. The third-order valence-electron chi connectivity index (χ3n) is 2.83. The molecule has 0 fully saturated rings. The molecule has 20 heavy (non-hydrogen) atoms. The summed E-state index contributed by atoms with van der Waals surface area (Å²) in [6.45, 7) is 0.112. The number of hydrogen-bond donors (Lipinski definition) is 2. The van der Waals surface area contributed by atoms with Crippen LogP contribution in [0.5, 0.6) is 0 Å². The van der Waals surface area contributed by atoms with E-state index in [0.717, 1.165) is 11.9 Å². The van der Waals surface area contributed by atoms with E-state index in [1.165, 1.54) is 12.1 Å². The molecule has 0 bridgehead atoms. The molecule has 0 saturated heterocycles. The van der Waals surface area contributed by atoms with Crippen LogP contribution in [0.25, 0.3) is 0 Å². The maximum absolute atomic E-state index is 13.6. The minimum atomic E-state index is -3.97. The van der Waals surface area contributed by atoms with Crippen molar-refractivity contribution in [3.63, 3.8) is 0 Å². The molecule has 1 heterocycles. The Balaban J connectivity index is 2.10. The van der Waals surface area contributed by atoms with Gasteiger partial charge in [-0.2, -0.15) is 0 Å². The average molecular weight is 298 g/mol. The molecule has 0 aliphatic rings. The van der Waals surface area contributed by atoms with Crippen LogP contribution in [0.15, 0.2) is 35.5 Å². The quantitative estimate of drug-likeness (QED) is 0.794. The van der Waals surface area contributed by atoms with Crippen molar-refractivity contribution >= 4 is 15.7 Å². The summed E-state index contributed by atoms with van der Waals surface area (Å²) in [6.07, 6.45) is 3.79. The first-order valence-electron chi connectivity index (χ1n) is 5.91. The smallest absolute Gasteiger partial charge is 0.245 e. The van der Waals surface area contributed by atoms with Crippen molar-refractivity contribution in [2.24, 2.45) is 7.05 Å². The summed E-state index contributed by atoms with van der Waals surface area (Å²) in [5.74, 6) is -0.135. The SMILES string of the molecule is Cn1ccnc1CCNS(=O)(=O)c1c(N)cccc1F. The lowest BCUT2D eigenvalue weighted by Crippen LogP contribution is -2.28. The van der Waals surface area contributed by atoms with E-state index in [9.17, 15) is 12.8 Å². The Morgan fingerprint density at radius 3 is 2.80 bits per heavy atom. The number of nitrogen functional groups attached to an aromatic ring is 1. The Hall–Kier alpha value is -1.93. The number of benzene rings is 1. The summed E-state index contributed by atoms with van der Waals surface area (Å²) in [6, 6.07) is 3.76. The number of nitrogens with one attached hydrogen (secondary N) is 1. The first-order chi connectivity index (χ1) is 9.42. The fraction of sp³-hybridized carbons (Fsp3) is 0.250. The van der Waals surface area contributed by atoms with Crippen molar-refractivity contribution in [1.82, 2.24) is 14.3 Å². The maximum atomic E-state index is 13.6. The van der Waals surface area contributed by atoms with Gasteiger partial charge in [-0.05, 0) is 12.1 Å². The van der Waals surface area contributed by atoms with Crippen molar-refractivity contribution in [2.45, 2.75) is 11.3 Å². The monoisotopic (exact) mass is 298 g/mol. The molecule has 0 aliphatic carbocycles. The number of hydrogen-bond acceptors (Lipinski definition) is 4. The molecule has 0 spiro atoms. The molecule has 0 radical (unpaired) electrons. The molecule has 0 aliphatic heterocycles. The second kappa shape index (κ2) is 5.59. The zero-order valence-corrected chi connectivity index (χ0v) is 11.7. The second-order valence-corrected chi connectivity index (χ2v) is 5.96. The second-order valence-electron chi connectivity index (χ2n) is 4.26. The van der Waals surface area contributed by atoms with Gasteiger partial charge in [-0.3, -0.25) is 0 Å². The van der Waals surface area contributed by atoms with Crippen LogP contribution in [-0.4, -0.2) is 24.5 Å². The summed E-state index contributed by atoms with van der Waals surface area (Å²) < 4.78 is 41.8. The van der Waals surface area contributed by atoms with Crippen LogP contribution in [0.1, 0.15) is 5.82 Å². The van der Waals surface area contributed by atoms with Gasteiger partial charge in [0, 0.05) is 32.4 Å². The molecule has 2 aromatic rings. The Labute approximate surface area is 116 Å². The summed E-state index contributed by atoms with van der Waals surface area (Å²) in [5.41, 5.74) is 5.41.